The maximum Gasteiger partial charge on any atom is 0.472 e. The lowest BCUT2D eigenvalue weighted by atomic mass is 10.1. The Balaban J connectivity index is 5.46. The number of carbonyl (C=O) groups is 4. The molecule has 0 fully saturated rings. The van der Waals surface area contributed by atoms with E-state index < -0.39 is 97.5 Å². The van der Waals surface area contributed by atoms with Crippen molar-refractivity contribution in [2.75, 3.05) is 39.6 Å². The second-order valence-electron chi connectivity index (χ2n) is 24.8. The summed E-state index contributed by atoms with van der Waals surface area (Å²) < 4.78 is 68.3. The first-order valence-electron chi connectivity index (χ1n) is 38.1. The van der Waals surface area contributed by atoms with E-state index in [0.717, 1.165) is 141 Å². The van der Waals surface area contributed by atoms with E-state index in [1.165, 1.54) is 51.4 Å². The van der Waals surface area contributed by atoms with Gasteiger partial charge in [0.25, 0.3) is 0 Å². The first kappa shape index (κ1) is 94.9. The van der Waals surface area contributed by atoms with E-state index in [-0.39, 0.29) is 25.7 Å². The van der Waals surface area contributed by atoms with Crippen LogP contribution in [0.15, 0.2) is 146 Å². The van der Waals surface area contributed by atoms with Crippen molar-refractivity contribution >= 4 is 39.5 Å². The van der Waals surface area contributed by atoms with Crippen molar-refractivity contribution in [3.8, 4) is 0 Å². The van der Waals surface area contributed by atoms with Gasteiger partial charge in [0, 0.05) is 25.7 Å². The first-order chi connectivity index (χ1) is 48.7. The molecule has 19 heteroatoms. The molecule has 0 bridgehead atoms. The van der Waals surface area contributed by atoms with Crippen LogP contribution in [0.5, 0.6) is 0 Å². The summed E-state index contributed by atoms with van der Waals surface area (Å²) in [5.41, 5.74) is 0. The Bertz CT molecular complexity index is 2470. The van der Waals surface area contributed by atoms with Gasteiger partial charge in [0.05, 0.1) is 26.4 Å². The zero-order chi connectivity index (χ0) is 73.2. The molecule has 570 valence electrons. The summed E-state index contributed by atoms with van der Waals surface area (Å²) in [4.78, 5) is 72.8. The van der Waals surface area contributed by atoms with Crippen LogP contribution in [0.4, 0.5) is 0 Å². The normalized spacial score (nSPS) is 14.8. The quantitative estimate of drug-likeness (QED) is 0.0169. The molecular formula is C81H134O17P2. The van der Waals surface area contributed by atoms with Gasteiger partial charge in [-0.25, -0.2) is 9.13 Å². The van der Waals surface area contributed by atoms with E-state index >= 15 is 0 Å². The molecule has 0 aliphatic carbocycles. The summed E-state index contributed by atoms with van der Waals surface area (Å²) in [6, 6.07) is 0. The van der Waals surface area contributed by atoms with E-state index in [0.29, 0.717) is 38.5 Å². The molecule has 5 unspecified atom stereocenters. The molecule has 0 aromatic carbocycles. The number of aliphatic hydroxyl groups excluding tert-OH is 1. The van der Waals surface area contributed by atoms with E-state index in [4.69, 9.17) is 37.0 Å². The highest BCUT2D eigenvalue weighted by molar-refractivity contribution is 7.47. The number of esters is 4. The van der Waals surface area contributed by atoms with Crippen LogP contribution < -0.4 is 0 Å². The summed E-state index contributed by atoms with van der Waals surface area (Å²) in [5.74, 6) is -2.34. The molecule has 0 radical (unpaired) electrons. The number of ether oxygens (including phenoxy) is 4. The Labute approximate surface area is 605 Å². The summed E-state index contributed by atoms with van der Waals surface area (Å²) in [6.45, 7) is 4.43. The predicted octanol–water partition coefficient (Wildman–Crippen LogP) is 21.9. The standard InChI is InChI=1S/C81H134O17P2/c1-5-9-13-17-21-25-29-32-35-37-40-43-47-50-54-58-62-66-79(84)92-72-77(98-81(86)68-64-60-56-52-48-44-41-38-36-33-30-26-22-18-14-10-6-2)74-96-100(89,90)94-70-75(82)69-93-99(87,88)95-73-76(97-80(85)67-63-59-55-51-45-28-24-20-16-12-8-4)71-91-78(83)65-61-57-53-49-46-42-39-34-31-27-23-19-15-11-7-3/h9-10,13-14,20-22,24-26,32-36,39-41,43-44,50,52,54,56,75-77,82H,5-8,11-12,15-19,23,27-31,37-38,42,45-49,51,53,55,57-74H2,1-4H3,(H,87,88)(H,89,90)/b13-9-,14-10-,24-20-,25-21-,26-22-,35-32-,36-33-,39-34-,43-40-,44-41-,54-50-,56-52-. The van der Waals surface area contributed by atoms with Crippen molar-refractivity contribution in [1.29, 1.82) is 0 Å². The fourth-order valence-electron chi connectivity index (χ4n) is 9.50. The van der Waals surface area contributed by atoms with Crippen molar-refractivity contribution in [2.24, 2.45) is 0 Å². The fraction of sp³-hybridized carbons (Fsp3) is 0.654. The molecule has 0 rings (SSSR count). The highest BCUT2D eigenvalue weighted by atomic mass is 31.2. The van der Waals surface area contributed by atoms with Crippen molar-refractivity contribution in [1.82, 2.24) is 0 Å². The molecule has 0 aromatic heterocycles. The van der Waals surface area contributed by atoms with Crippen molar-refractivity contribution in [3.63, 3.8) is 0 Å². The van der Waals surface area contributed by atoms with Gasteiger partial charge in [0.1, 0.15) is 19.3 Å². The summed E-state index contributed by atoms with van der Waals surface area (Å²) >= 11 is 0. The third-order valence-corrected chi connectivity index (χ3v) is 17.2. The van der Waals surface area contributed by atoms with Crippen molar-refractivity contribution < 1.29 is 80.2 Å². The van der Waals surface area contributed by atoms with E-state index in [1.54, 1.807) is 0 Å². The van der Waals surface area contributed by atoms with E-state index in [1.807, 2.05) is 24.3 Å². The SMILES string of the molecule is CC/C=C\C/C=C\C/C=C\C/C=C\C/C=C\CCCC(=O)OCC(COP(=O)(O)OCC(O)COP(=O)(O)OCC(COC(=O)CCCCCCC/C=C\CCCCCCCC)OC(=O)CCCCCCC/C=C\CCCC)OC(=O)CCC/C=C\C/C=C\C/C=C\C/C=C\C/C=C\CC. The van der Waals surface area contributed by atoms with Gasteiger partial charge in [0.2, 0.25) is 0 Å². The van der Waals surface area contributed by atoms with E-state index in [2.05, 4.69) is 149 Å². The molecule has 0 saturated carbocycles. The lowest BCUT2D eigenvalue weighted by Gasteiger charge is -2.21. The van der Waals surface area contributed by atoms with Crippen molar-refractivity contribution in [2.45, 2.75) is 303 Å². The smallest absolute Gasteiger partial charge is 0.462 e. The lowest BCUT2D eigenvalue weighted by molar-refractivity contribution is -0.161. The second kappa shape index (κ2) is 72.3. The van der Waals surface area contributed by atoms with Crippen LogP contribution in [0.3, 0.4) is 0 Å². The highest BCUT2D eigenvalue weighted by Crippen LogP contribution is 2.45. The predicted molar refractivity (Wildman–Crippen MR) is 408 cm³/mol. The average Bonchev–Trinajstić information content (AvgIpc) is 1.00. The molecule has 0 aromatic rings. The molecule has 17 nitrogen and oxygen atoms in total. The van der Waals surface area contributed by atoms with Crippen LogP contribution in [-0.4, -0.2) is 96.7 Å². The van der Waals surface area contributed by atoms with Gasteiger partial charge in [-0.2, -0.15) is 0 Å². The number of phosphoric acid groups is 2. The number of carbonyl (C=O) groups excluding carboxylic acids is 4. The summed E-state index contributed by atoms with van der Waals surface area (Å²) in [5, 5.41) is 10.6. The minimum atomic E-state index is -5.01. The lowest BCUT2D eigenvalue weighted by Crippen LogP contribution is -2.30. The van der Waals surface area contributed by atoms with Gasteiger partial charge < -0.3 is 33.8 Å². The number of allylic oxidation sites excluding steroid dienone is 24. The Morgan fingerprint density at radius 3 is 0.890 bits per heavy atom. The van der Waals surface area contributed by atoms with Crippen LogP contribution >= 0.6 is 15.6 Å². The molecule has 0 saturated heterocycles. The van der Waals surface area contributed by atoms with E-state index in [9.17, 15) is 43.2 Å². The average molecular weight is 1440 g/mol. The zero-order valence-corrected chi connectivity index (χ0v) is 63.9. The van der Waals surface area contributed by atoms with Crippen LogP contribution in [-0.2, 0) is 65.4 Å². The minimum Gasteiger partial charge on any atom is -0.462 e. The van der Waals surface area contributed by atoms with Gasteiger partial charge in [-0.15, -0.1) is 0 Å². The van der Waals surface area contributed by atoms with Gasteiger partial charge in [-0.1, -0.05) is 257 Å². The number of aliphatic hydroxyl groups is 1. The molecule has 0 heterocycles. The summed E-state index contributed by atoms with van der Waals surface area (Å²) in [6.07, 6.45) is 81.5. The van der Waals surface area contributed by atoms with Crippen LogP contribution in [0.1, 0.15) is 285 Å². The number of hydrogen-bond acceptors (Lipinski definition) is 15. The zero-order valence-electron chi connectivity index (χ0n) is 62.1. The molecule has 0 aliphatic heterocycles. The van der Waals surface area contributed by atoms with Crippen molar-refractivity contribution in [3.05, 3.63) is 146 Å². The maximum absolute atomic E-state index is 13.1. The van der Waals surface area contributed by atoms with Gasteiger partial charge in [0.15, 0.2) is 12.2 Å². The number of phosphoric ester groups is 2. The largest absolute Gasteiger partial charge is 0.472 e. The van der Waals surface area contributed by atoms with Crippen LogP contribution in [0.2, 0.25) is 0 Å². The monoisotopic (exact) mass is 1440 g/mol. The first-order valence-corrected chi connectivity index (χ1v) is 41.1. The number of hydrogen-bond donors (Lipinski definition) is 3. The molecule has 5 atom stereocenters. The molecule has 0 spiro atoms. The fourth-order valence-corrected chi connectivity index (χ4v) is 11.1. The molecular weight excluding hydrogens is 1310 g/mol. The summed E-state index contributed by atoms with van der Waals surface area (Å²) in [7, 11) is -9.99. The number of rotatable bonds is 70. The maximum atomic E-state index is 13.1. The van der Waals surface area contributed by atoms with Crippen LogP contribution in [0.25, 0.3) is 0 Å². The topological polar surface area (TPSA) is 237 Å². The third-order valence-electron chi connectivity index (χ3n) is 15.3. The highest BCUT2D eigenvalue weighted by Gasteiger charge is 2.30. The van der Waals surface area contributed by atoms with Gasteiger partial charge in [-0.3, -0.25) is 37.3 Å². The molecule has 3 N–H and O–H groups in total. The number of unbranched alkanes of at least 4 members (excludes halogenated alkanes) is 20. The minimum absolute atomic E-state index is 0.000512. The van der Waals surface area contributed by atoms with Gasteiger partial charge >= 0.3 is 39.5 Å². The Morgan fingerprint density at radius 2 is 0.540 bits per heavy atom. The molecule has 100 heavy (non-hydrogen) atoms. The Kier molecular flexibility index (Phi) is 68.6. The third kappa shape index (κ3) is 71.3. The molecule has 0 aliphatic rings. The molecule has 0 amide bonds. The Hall–Kier alpha value is -5.06. The van der Waals surface area contributed by atoms with Crippen LogP contribution in [0, 0.1) is 0 Å². The Morgan fingerprint density at radius 1 is 0.290 bits per heavy atom. The second-order valence-corrected chi connectivity index (χ2v) is 27.7. The van der Waals surface area contributed by atoms with Gasteiger partial charge in [-0.05, 0) is 148 Å².